The maximum absolute atomic E-state index is 15.1. The van der Waals surface area contributed by atoms with Gasteiger partial charge in [0.15, 0.2) is 17.3 Å². The average molecular weight is 517 g/mol. The van der Waals surface area contributed by atoms with E-state index < -0.39 is 0 Å². The fraction of sp³-hybridized carbons (Fsp3) is 0.179. The molecule has 1 saturated heterocycles. The van der Waals surface area contributed by atoms with E-state index in [0.29, 0.717) is 64.9 Å². The number of hydrogen-bond acceptors (Lipinski definition) is 9. The maximum Gasteiger partial charge on any atom is 0.198 e. The van der Waals surface area contributed by atoms with E-state index in [0.717, 1.165) is 5.56 Å². The van der Waals surface area contributed by atoms with Crippen molar-refractivity contribution in [2.45, 2.75) is 13.0 Å². The lowest BCUT2D eigenvalue weighted by Crippen LogP contribution is -2.45. The number of anilines is 1. The molecule has 3 aromatic heterocycles. The molecular weight excluding hydrogens is 495 g/mol. The first-order valence-electron chi connectivity index (χ1n) is 12.2. The highest BCUT2D eigenvalue weighted by Gasteiger charge is 2.27. The summed E-state index contributed by atoms with van der Waals surface area (Å²) in [4.78, 5) is 19.8. The molecule has 0 atom stereocenters. The molecule has 39 heavy (non-hydrogen) atoms. The van der Waals surface area contributed by atoms with Crippen molar-refractivity contribution in [2.75, 3.05) is 18.8 Å². The van der Waals surface area contributed by atoms with Crippen LogP contribution in [0.5, 0.6) is 0 Å². The van der Waals surface area contributed by atoms with E-state index in [1.807, 2.05) is 12.1 Å². The van der Waals surface area contributed by atoms with Crippen molar-refractivity contribution < 1.29 is 4.39 Å². The van der Waals surface area contributed by atoms with Crippen molar-refractivity contribution in [2.24, 2.45) is 5.92 Å². The van der Waals surface area contributed by atoms with Crippen LogP contribution in [0.15, 0.2) is 61.1 Å². The molecule has 1 aliphatic heterocycles. The van der Waals surface area contributed by atoms with Crippen LogP contribution >= 0.6 is 0 Å². The lowest BCUT2D eigenvalue weighted by atomic mass is 9.98. The number of hydrogen-bond donors (Lipinski definition) is 1. The Morgan fingerprint density at radius 1 is 1.08 bits per heavy atom. The zero-order valence-electron chi connectivity index (χ0n) is 20.7. The van der Waals surface area contributed by atoms with Gasteiger partial charge in [-0.25, -0.2) is 28.8 Å². The summed E-state index contributed by atoms with van der Waals surface area (Å²) in [6, 6.07) is 18.1. The summed E-state index contributed by atoms with van der Waals surface area (Å²) in [5.41, 5.74) is 10.6. The molecule has 1 fully saturated rings. The van der Waals surface area contributed by atoms with Gasteiger partial charge in [0.1, 0.15) is 23.5 Å². The van der Waals surface area contributed by atoms with Gasteiger partial charge in [0.25, 0.3) is 0 Å². The van der Waals surface area contributed by atoms with Gasteiger partial charge < -0.3 is 5.73 Å². The van der Waals surface area contributed by atoms with Gasteiger partial charge in [-0.05, 0) is 35.4 Å². The predicted molar refractivity (Wildman–Crippen MR) is 140 cm³/mol. The first-order valence-corrected chi connectivity index (χ1v) is 12.2. The largest absolute Gasteiger partial charge is 0.381 e. The molecule has 190 valence electrons. The summed E-state index contributed by atoms with van der Waals surface area (Å²) in [6.45, 7) is 1.87. The van der Waals surface area contributed by atoms with Gasteiger partial charge in [-0.2, -0.15) is 15.6 Å². The Morgan fingerprint density at radius 2 is 1.92 bits per heavy atom. The molecule has 0 amide bonds. The summed E-state index contributed by atoms with van der Waals surface area (Å²) in [6.07, 6.45) is 3.17. The number of nitriles is 2. The Labute approximate surface area is 222 Å². The van der Waals surface area contributed by atoms with Crippen molar-refractivity contribution in [1.29, 1.82) is 10.5 Å². The van der Waals surface area contributed by atoms with Crippen molar-refractivity contribution in [1.82, 2.24) is 34.4 Å². The van der Waals surface area contributed by atoms with Gasteiger partial charge in [0.05, 0.1) is 29.3 Å². The topological polar surface area (TPSA) is 146 Å². The summed E-state index contributed by atoms with van der Waals surface area (Å²) in [5.74, 6) is 0.174. The second-order valence-corrected chi connectivity index (χ2v) is 9.32. The molecule has 0 radical (unpaired) electrons. The molecule has 1 aliphatic rings. The summed E-state index contributed by atoms with van der Waals surface area (Å²) >= 11 is 0. The average Bonchev–Trinajstić information content (AvgIpc) is 3.37. The van der Waals surface area contributed by atoms with Gasteiger partial charge in [-0.15, -0.1) is 0 Å². The molecule has 11 heteroatoms. The normalized spacial score (nSPS) is 13.6. The predicted octanol–water partition coefficient (Wildman–Crippen LogP) is 3.39. The van der Waals surface area contributed by atoms with Crippen LogP contribution in [0, 0.1) is 34.4 Å². The standard InChI is InChI=1S/C28H21FN10/c29-22-6-2-5-20(15-38-13-18(12-31)14-38)21(22)10-24-35-28-27(32)36-25(19-4-1-3-17(9-19)11-30)26(39(28)37-24)23-7-8-33-16-34-23/h1-9,16,18H,10,13-15H2,(H2,32,36). The molecule has 5 aromatic rings. The van der Waals surface area contributed by atoms with E-state index in [1.165, 1.54) is 12.4 Å². The van der Waals surface area contributed by atoms with Crippen LogP contribution < -0.4 is 5.73 Å². The van der Waals surface area contributed by atoms with Crippen LogP contribution in [0.2, 0.25) is 0 Å². The Balaban J connectivity index is 1.46. The number of nitrogens with two attached hydrogens (primary N) is 1. The van der Waals surface area contributed by atoms with Gasteiger partial charge in [0.2, 0.25) is 0 Å². The third kappa shape index (κ3) is 4.52. The van der Waals surface area contributed by atoms with Crippen molar-refractivity contribution in [3.8, 4) is 34.8 Å². The Morgan fingerprint density at radius 3 is 2.69 bits per heavy atom. The molecule has 0 unspecified atom stereocenters. The number of halogens is 1. The number of nitrogen functional groups attached to an aromatic ring is 1. The van der Waals surface area contributed by atoms with Crippen molar-refractivity contribution in [3.63, 3.8) is 0 Å². The highest BCUT2D eigenvalue weighted by Crippen LogP contribution is 2.32. The fourth-order valence-corrected chi connectivity index (χ4v) is 4.80. The van der Waals surface area contributed by atoms with Gasteiger partial charge in [-0.1, -0.05) is 24.3 Å². The van der Waals surface area contributed by atoms with Crippen LogP contribution in [0.3, 0.4) is 0 Å². The molecular formula is C28H21FN10. The van der Waals surface area contributed by atoms with E-state index in [2.05, 4.69) is 37.0 Å². The molecule has 2 aromatic carbocycles. The lowest BCUT2D eigenvalue weighted by Gasteiger charge is -2.35. The van der Waals surface area contributed by atoms with Crippen LogP contribution in [0.1, 0.15) is 22.5 Å². The van der Waals surface area contributed by atoms with Crippen LogP contribution in [0.25, 0.3) is 28.3 Å². The molecule has 6 rings (SSSR count). The van der Waals surface area contributed by atoms with Gasteiger partial charge in [0, 0.05) is 37.8 Å². The van der Waals surface area contributed by atoms with E-state index in [4.69, 9.17) is 16.1 Å². The summed E-state index contributed by atoms with van der Waals surface area (Å²) in [5, 5.41) is 23.2. The zero-order chi connectivity index (χ0) is 26.9. The van der Waals surface area contributed by atoms with Crippen LogP contribution in [-0.2, 0) is 13.0 Å². The summed E-state index contributed by atoms with van der Waals surface area (Å²) < 4.78 is 16.6. The Bertz CT molecular complexity index is 1780. The molecule has 0 aliphatic carbocycles. The number of fused-ring (bicyclic) bond motifs is 1. The minimum absolute atomic E-state index is 0.0147. The highest BCUT2D eigenvalue weighted by molar-refractivity contribution is 5.81. The van der Waals surface area contributed by atoms with E-state index in [-0.39, 0.29) is 24.0 Å². The Kier molecular flexibility index (Phi) is 6.11. The first-order chi connectivity index (χ1) is 19.0. The molecule has 0 saturated carbocycles. The quantitative estimate of drug-likeness (QED) is 0.359. The maximum atomic E-state index is 15.1. The summed E-state index contributed by atoms with van der Waals surface area (Å²) in [7, 11) is 0. The van der Waals surface area contributed by atoms with Crippen molar-refractivity contribution in [3.05, 3.63) is 89.4 Å². The molecule has 2 N–H and O–H groups in total. The van der Waals surface area contributed by atoms with E-state index in [1.54, 1.807) is 41.0 Å². The monoisotopic (exact) mass is 516 g/mol. The smallest absolute Gasteiger partial charge is 0.198 e. The fourth-order valence-electron chi connectivity index (χ4n) is 4.80. The van der Waals surface area contributed by atoms with Crippen LogP contribution in [-0.4, -0.2) is 47.5 Å². The third-order valence-electron chi connectivity index (χ3n) is 6.72. The zero-order valence-corrected chi connectivity index (χ0v) is 20.7. The SMILES string of the molecule is N#Cc1cccc(-c2nc(N)c3nc(Cc4c(F)cccc4CN4CC(C#N)C4)nn3c2-c2ccncn2)c1. The van der Waals surface area contributed by atoms with Gasteiger partial charge in [-0.3, -0.25) is 4.90 Å². The van der Waals surface area contributed by atoms with Crippen molar-refractivity contribution >= 4 is 11.5 Å². The van der Waals surface area contributed by atoms with Gasteiger partial charge >= 0.3 is 0 Å². The minimum Gasteiger partial charge on any atom is -0.381 e. The third-order valence-corrected chi connectivity index (χ3v) is 6.72. The highest BCUT2D eigenvalue weighted by atomic mass is 19.1. The number of benzene rings is 2. The lowest BCUT2D eigenvalue weighted by molar-refractivity contribution is 0.126. The van der Waals surface area contributed by atoms with Crippen LogP contribution in [0.4, 0.5) is 10.2 Å². The molecule has 0 spiro atoms. The number of likely N-dealkylation sites (tertiary alicyclic amines) is 1. The Hall–Kier alpha value is -5.26. The second-order valence-electron chi connectivity index (χ2n) is 9.32. The van der Waals surface area contributed by atoms with E-state index in [9.17, 15) is 5.26 Å². The number of aromatic nitrogens is 6. The number of nitrogens with zero attached hydrogens (tertiary/aromatic N) is 9. The molecule has 4 heterocycles. The number of rotatable bonds is 6. The molecule has 0 bridgehead atoms. The van der Waals surface area contributed by atoms with E-state index >= 15 is 4.39 Å². The minimum atomic E-state index is -0.347. The molecule has 10 nitrogen and oxygen atoms in total. The first kappa shape index (κ1) is 24.1. The second kappa shape index (κ2) is 9.89.